The smallest absolute Gasteiger partial charge is 0.0340 e. The van der Waals surface area contributed by atoms with Crippen LogP contribution in [0.1, 0.15) is 46.6 Å². The first kappa shape index (κ1) is 15.0. The Morgan fingerprint density at radius 3 is 2.17 bits per heavy atom. The molecule has 2 atom stereocenters. The van der Waals surface area contributed by atoms with Gasteiger partial charge in [-0.05, 0) is 29.0 Å². The van der Waals surface area contributed by atoms with Gasteiger partial charge in [-0.3, -0.25) is 0 Å². The summed E-state index contributed by atoms with van der Waals surface area (Å²) in [4.78, 5) is 0. The summed E-state index contributed by atoms with van der Waals surface area (Å²) < 4.78 is 0. The van der Waals surface area contributed by atoms with Crippen molar-refractivity contribution < 1.29 is 0 Å². The van der Waals surface area contributed by atoms with Gasteiger partial charge in [-0.1, -0.05) is 53.2 Å². The van der Waals surface area contributed by atoms with E-state index in [1.165, 1.54) is 5.56 Å². The summed E-state index contributed by atoms with van der Waals surface area (Å²) in [5.41, 5.74) is 8.84. The van der Waals surface area contributed by atoms with Crippen LogP contribution in [0.25, 0.3) is 0 Å². The monoisotopic (exact) mass is 248 g/mol. The minimum atomic E-state index is 0.214. The number of nitrogens with one attached hydrogen (secondary N) is 1. The largest absolute Gasteiger partial charge is 0.383 e. The summed E-state index contributed by atoms with van der Waals surface area (Å²) in [5, 5.41) is 3.41. The summed E-state index contributed by atoms with van der Waals surface area (Å²) in [6, 6.07) is 8.89. The predicted octanol–water partition coefficient (Wildman–Crippen LogP) is 3.77. The van der Waals surface area contributed by atoms with E-state index >= 15 is 0 Å². The summed E-state index contributed by atoms with van der Waals surface area (Å²) in [6.45, 7) is 11.9. The minimum absolute atomic E-state index is 0.214. The fourth-order valence-corrected chi connectivity index (χ4v) is 1.83. The van der Waals surface area contributed by atoms with Crippen molar-refractivity contribution in [3.63, 3.8) is 0 Å². The molecule has 0 aliphatic rings. The fraction of sp³-hybridized carbons (Fsp3) is 0.625. The average molecular weight is 248 g/mol. The summed E-state index contributed by atoms with van der Waals surface area (Å²) in [5.74, 6) is 0.561. The third-order valence-electron chi connectivity index (χ3n) is 3.67. The molecule has 0 spiro atoms. The standard InChI is InChI=1S/C16H28N2/c1-6-12(2)15(17)11-18-14-9-7-13(8-10-14)16(3,4)5/h7-10,12,15,18H,6,11,17H2,1-5H3. The molecule has 18 heavy (non-hydrogen) atoms. The minimum Gasteiger partial charge on any atom is -0.383 e. The van der Waals surface area contributed by atoms with E-state index < -0.39 is 0 Å². The van der Waals surface area contributed by atoms with Crippen molar-refractivity contribution in [1.82, 2.24) is 0 Å². The molecule has 1 rings (SSSR count). The molecule has 0 aromatic heterocycles. The molecule has 0 fully saturated rings. The molecule has 2 unspecified atom stereocenters. The maximum absolute atomic E-state index is 6.11. The van der Waals surface area contributed by atoms with E-state index in [1.54, 1.807) is 0 Å². The van der Waals surface area contributed by atoms with Crippen molar-refractivity contribution in [2.75, 3.05) is 11.9 Å². The molecule has 0 radical (unpaired) electrons. The third-order valence-corrected chi connectivity index (χ3v) is 3.67. The van der Waals surface area contributed by atoms with Crippen LogP contribution < -0.4 is 11.1 Å². The fourth-order valence-electron chi connectivity index (χ4n) is 1.83. The zero-order valence-corrected chi connectivity index (χ0v) is 12.5. The molecule has 3 N–H and O–H groups in total. The highest BCUT2D eigenvalue weighted by Gasteiger charge is 2.13. The molecule has 1 aromatic carbocycles. The predicted molar refractivity (Wildman–Crippen MR) is 81.1 cm³/mol. The van der Waals surface area contributed by atoms with E-state index in [2.05, 4.69) is 64.2 Å². The molecule has 0 bridgehead atoms. The van der Waals surface area contributed by atoms with Crippen molar-refractivity contribution in [3.05, 3.63) is 29.8 Å². The SMILES string of the molecule is CCC(C)C(N)CNc1ccc(C(C)(C)C)cc1. The lowest BCUT2D eigenvalue weighted by molar-refractivity contribution is 0.457. The second-order valence-corrected chi connectivity index (χ2v) is 6.26. The van der Waals surface area contributed by atoms with Crippen molar-refractivity contribution >= 4 is 5.69 Å². The van der Waals surface area contributed by atoms with Gasteiger partial charge in [-0.2, -0.15) is 0 Å². The van der Waals surface area contributed by atoms with Gasteiger partial charge in [0.2, 0.25) is 0 Å². The molecule has 102 valence electrons. The topological polar surface area (TPSA) is 38.0 Å². The van der Waals surface area contributed by atoms with Crippen molar-refractivity contribution in [3.8, 4) is 0 Å². The van der Waals surface area contributed by atoms with E-state index in [0.29, 0.717) is 5.92 Å². The molecular weight excluding hydrogens is 220 g/mol. The lowest BCUT2D eigenvalue weighted by Crippen LogP contribution is -2.35. The van der Waals surface area contributed by atoms with Gasteiger partial charge in [-0.15, -0.1) is 0 Å². The number of anilines is 1. The molecule has 0 aliphatic carbocycles. The van der Waals surface area contributed by atoms with Gasteiger partial charge >= 0.3 is 0 Å². The summed E-state index contributed by atoms with van der Waals surface area (Å²) in [6.07, 6.45) is 1.13. The zero-order valence-electron chi connectivity index (χ0n) is 12.5. The first-order chi connectivity index (χ1) is 8.34. The van der Waals surface area contributed by atoms with Crippen molar-refractivity contribution in [1.29, 1.82) is 0 Å². The van der Waals surface area contributed by atoms with Crippen LogP contribution in [0.15, 0.2) is 24.3 Å². The van der Waals surface area contributed by atoms with Gasteiger partial charge in [0.05, 0.1) is 0 Å². The summed E-state index contributed by atoms with van der Waals surface area (Å²) in [7, 11) is 0. The Bertz CT molecular complexity index is 348. The lowest BCUT2D eigenvalue weighted by Gasteiger charge is -2.21. The van der Waals surface area contributed by atoms with Crippen LogP contribution >= 0.6 is 0 Å². The highest BCUT2D eigenvalue weighted by molar-refractivity contribution is 5.45. The van der Waals surface area contributed by atoms with Crippen LogP contribution in [0.4, 0.5) is 5.69 Å². The average Bonchev–Trinajstić information content (AvgIpc) is 2.34. The molecule has 0 heterocycles. The Hall–Kier alpha value is -1.02. The van der Waals surface area contributed by atoms with Crippen LogP contribution in [-0.4, -0.2) is 12.6 Å². The molecule has 1 aromatic rings. The van der Waals surface area contributed by atoms with E-state index in [-0.39, 0.29) is 11.5 Å². The molecule has 2 nitrogen and oxygen atoms in total. The zero-order chi connectivity index (χ0) is 13.8. The number of rotatable bonds is 5. The number of hydrogen-bond acceptors (Lipinski definition) is 2. The van der Waals surface area contributed by atoms with Crippen LogP contribution in [-0.2, 0) is 5.41 Å². The van der Waals surface area contributed by atoms with Crippen LogP contribution in [0.5, 0.6) is 0 Å². The number of benzene rings is 1. The Labute approximate surface area is 112 Å². The van der Waals surface area contributed by atoms with Crippen molar-refractivity contribution in [2.45, 2.75) is 52.5 Å². The first-order valence-corrected chi connectivity index (χ1v) is 6.94. The van der Waals surface area contributed by atoms with Crippen molar-refractivity contribution in [2.24, 2.45) is 11.7 Å². The molecule has 0 amide bonds. The van der Waals surface area contributed by atoms with E-state index in [0.717, 1.165) is 18.7 Å². The lowest BCUT2D eigenvalue weighted by atomic mass is 9.87. The molecule has 0 saturated carbocycles. The molecule has 2 heteroatoms. The second kappa shape index (κ2) is 6.24. The van der Waals surface area contributed by atoms with Gasteiger partial charge in [0.15, 0.2) is 0 Å². The third kappa shape index (κ3) is 4.34. The van der Waals surface area contributed by atoms with Gasteiger partial charge in [0, 0.05) is 18.3 Å². The normalized spacial score (nSPS) is 15.2. The van der Waals surface area contributed by atoms with Crippen LogP contribution in [0, 0.1) is 5.92 Å². The Balaban J connectivity index is 2.54. The Morgan fingerprint density at radius 1 is 1.17 bits per heavy atom. The quantitative estimate of drug-likeness (QED) is 0.832. The maximum Gasteiger partial charge on any atom is 0.0340 e. The second-order valence-electron chi connectivity index (χ2n) is 6.26. The van der Waals surface area contributed by atoms with Crippen LogP contribution in [0.3, 0.4) is 0 Å². The highest BCUT2D eigenvalue weighted by atomic mass is 14.9. The van der Waals surface area contributed by atoms with Gasteiger partial charge in [0.25, 0.3) is 0 Å². The Kier molecular flexibility index (Phi) is 5.21. The Morgan fingerprint density at radius 2 is 1.72 bits per heavy atom. The maximum atomic E-state index is 6.11. The first-order valence-electron chi connectivity index (χ1n) is 6.94. The summed E-state index contributed by atoms with van der Waals surface area (Å²) >= 11 is 0. The molecular formula is C16H28N2. The number of nitrogens with two attached hydrogens (primary N) is 1. The van der Waals surface area contributed by atoms with Gasteiger partial charge < -0.3 is 11.1 Å². The molecule has 0 aliphatic heterocycles. The van der Waals surface area contributed by atoms with Crippen LogP contribution in [0.2, 0.25) is 0 Å². The molecule has 0 saturated heterocycles. The number of hydrogen-bond donors (Lipinski definition) is 2. The van der Waals surface area contributed by atoms with Gasteiger partial charge in [-0.25, -0.2) is 0 Å². The van der Waals surface area contributed by atoms with E-state index in [4.69, 9.17) is 5.73 Å². The highest BCUT2D eigenvalue weighted by Crippen LogP contribution is 2.23. The van der Waals surface area contributed by atoms with Gasteiger partial charge in [0.1, 0.15) is 0 Å². The van der Waals surface area contributed by atoms with E-state index in [1.807, 2.05) is 0 Å². The van der Waals surface area contributed by atoms with E-state index in [9.17, 15) is 0 Å².